The van der Waals surface area contributed by atoms with Crippen LogP contribution < -0.4 is 16.2 Å². The lowest BCUT2D eigenvalue weighted by Gasteiger charge is -2.05. The van der Waals surface area contributed by atoms with E-state index in [1.54, 1.807) is 36.4 Å². The number of pyridine rings is 1. The second kappa shape index (κ2) is 5.81. The number of hydrogen-bond acceptors (Lipinski definition) is 3. The van der Waals surface area contributed by atoms with Gasteiger partial charge in [0.1, 0.15) is 12.4 Å². The molecule has 2 aromatic rings. The first-order valence-electron chi connectivity index (χ1n) is 5.56. The summed E-state index contributed by atoms with van der Waals surface area (Å²) in [4.78, 5) is 7.89. The van der Waals surface area contributed by atoms with Gasteiger partial charge in [0.25, 0.3) is 0 Å². The molecule has 6 heteroatoms. The lowest BCUT2D eigenvalue weighted by molar-refractivity contribution is 0.455. The van der Waals surface area contributed by atoms with Crippen molar-refractivity contribution in [1.29, 1.82) is 0 Å². The molecule has 0 saturated heterocycles. The third-order valence-electron chi connectivity index (χ3n) is 2.25. The van der Waals surface area contributed by atoms with Crippen LogP contribution in [0.15, 0.2) is 47.6 Å². The topological polar surface area (TPSA) is 86.5 Å². The maximum atomic E-state index is 12.5. The van der Waals surface area contributed by atoms with Gasteiger partial charge < -0.3 is 16.2 Å². The summed E-state index contributed by atoms with van der Waals surface area (Å²) in [7, 11) is 0. The fourth-order valence-corrected chi connectivity index (χ4v) is 1.46. The molecule has 0 amide bonds. The van der Waals surface area contributed by atoms with Crippen molar-refractivity contribution >= 4 is 11.6 Å². The average molecular weight is 260 g/mol. The second-order valence-corrected chi connectivity index (χ2v) is 3.77. The Hall–Kier alpha value is -2.63. The third kappa shape index (κ3) is 3.67. The first-order valence-corrected chi connectivity index (χ1v) is 5.56. The number of halogens is 1. The Bertz CT molecular complexity index is 579. The molecular weight excluding hydrogens is 247 g/mol. The standard InChI is InChI=1S/C13H13FN4O/c14-7-9-2-1-3-11(6-9)19-12-5-4-10(8-17-12)18-13(15)16/h1-6,8H,7H2,(H4,15,16,18). The zero-order valence-electron chi connectivity index (χ0n) is 10.1. The number of ether oxygens (including phenoxy) is 1. The molecule has 0 saturated carbocycles. The Morgan fingerprint density at radius 3 is 2.74 bits per heavy atom. The molecule has 2 rings (SSSR count). The molecule has 0 unspecified atom stereocenters. The molecule has 0 atom stereocenters. The van der Waals surface area contributed by atoms with Crippen molar-refractivity contribution in [3.63, 3.8) is 0 Å². The maximum Gasteiger partial charge on any atom is 0.219 e. The van der Waals surface area contributed by atoms with Crippen molar-refractivity contribution in [2.45, 2.75) is 6.67 Å². The summed E-state index contributed by atoms with van der Waals surface area (Å²) >= 11 is 0. The van der Waals surface area contributed by atoms with E-state index >= 15 is 0 Å². The lowest BCUT2D eigenvalue weighted by atomic mass is 10.2. The van der Waals surface area contributed by atoms with Gasteiger partial charge in [-0.15, -0.1) is 0 Å². The van der Waals surface area contributed by atoms with Gasteiger partial charge in [0.2, 0.25) is 5.88 Å². The van der Waals surface area contributed by atoms with Gasteiger partial charge in [0, 0.05) is 6.07 Å². The smallest absolute Gasteiger partial charge is 0.219 e. The summed E-state index contributed by atoms with van der Waals surface area (Å²) < 4.78 is 18.0. The predicted molar refractivity (Wildman–Crippen MR) is 71.0 cm³/mol. The van der Waals surface area contributed by atoms with Gasteiger partial charge in [0.15, 0.2) is 5.96 Å². The summed E-state index contributed by atoms with van der Waals surface area (Å²) in [6.45, 7) is -0.534. The van der Waals surface area contributed by atoms with E-state index in [0.29, 0.717) is 22.9 Å². The van der Waals surface area contributed by atoms with Crippen LogP contribution in [-0.2, 0) is 6.67 Å². The van der Waals surface area contributed by atoms with E-state index in [9.17, 15) is 4.39 Å². The SMILES string of the molecule is NC(N)=Nc1ccc(Oc2cccc(CF)c2)nc1. The van der Waals surface area contributed by atoms with E-state index in [1.165, 1.54) is 6.20 Å². The Balaban J connectivity index is 2.12. The van der Waals surface area contributed by atoms with Crippen LogP contribution in [-0.4, -0.2) is 10.9 Å². The summed E-state index contributed by atoms with van der Waals surface area (Å²) in [5, 5.41) is 0. The average Bonchev–Trinajstić information content (AvgIpc) is 2.41. The first kappa shape index (κ1) is 12.8. The number of alkyl halides is 1. The van der Waals surface area contributed by atoms with Crippen LogP contribution in [0.25, 0.3) is 0 Å². The minimum absolute atomic E-state index is 0.0360. The summed E-state index contributed by atoms with van der Waals surface area (Å²) in [6, 6.07) is 10.0. The molecule has 0 bridgehead atoms. The van der Waals surface area contributed by atoms with Crippen LogP contribution in [0.4, 0.5) is 10.1 Å². The van der Waals surface area contributed by atoms with E-state index in [-0.39, 0.29) is 5.96 Å². The third-order valence-corrected chi connectivity index (χ3v) is 2.25. The fourth-order valence-electron chi connectivity index (χ4n) is 1.46. The molecule has 0 aliphatic rings. The van der Waals surface area contributed by atoms with Gasteiger partial charge in [-0.1, -0.05) is 12.1 Å². The normalized spacial score (nSPS) is 9.95. The van der Waals surface area contributed by atoms with Crippen LogP contribution >= 0.6 is 0 Å². The summed E-state index contributed by atoms with van der Waals surface area (Å²) in [5.41, 5.74) is 11.6. The molecule has 0 spiro atoms. The predicted octanol–water partition coefficient (Wildman–Crippen LogP) is 2.25. The Morgan fingerprint density at radius 1 is 1.26 bits per heavy atom. The van der Waals surface area contributed by atoms with Crippen molar-refractivity contribution < 1.29 is 9.13 Å². The molecule has 0 aliphatic carbocycles. The molecule has 1 heterocycles. The number of rotatable bonds is 4. The van der Waals surface area contributed by atoms with E-state index in [1.807, 2.05) is 0 Å². The number of hydrogen-bond donors (Lipinski definition) is 2. The van der Waals surface area contributed by atoms with Crippen LogP contribution in [0.1, 0.15) is 5.56 Å². The molecule has 1 aromatic heterocycles. The monoisotopic (exact) mass is 260 g/mol. The Morgan fingerprint density at radius 2 is 2.11 bits per heavy atom. The fraction of sp³-hybridized carbons (Fsp3) is 0.0769. The number of aliphatic imine (C=N–C) groups is 1. The quantitative estimate of drug-likeness (QED) is 0.652. The van der Waals surface area contributed by atoms with E-state index < -0.39 is 6.67 Å². The highest BCUT2D eigenvalue weighted by atomic mass is 19.1. The molecule has 0 radical (unpaired) electrons. The van der Waals surface area contributed by atoms with Gasteiger partial charge in [-0.05, 0) is 23.8 Å². The molecule has 5 nitrogen and oxygen atoms in total. The number of aromatic nitrogens is 1. The molecule has 0 aliphatic heterocycles. The van der Waals surface area contributed by atoms with Crippen LogP contribution in [0.3, 0.4) is 0 Å². The second-order valence-electron chi connectivity index (χ2n) is 3.77. The van der Waals surface area contributed by atoms with Crippen molar-refractivity contribution in [3.8, 4) is 11.6 Å². The maximum absolute atomic E-state index is 12.5. The van der Waals surface area contributed by atoms with E-state index in [4.69, 9.17) is 16.2 Å². The van der Waals surface area contributed by atoms with Crippen molar-refractivity contribution in [2.24, 2.45) is 16.5 Å². The number of nitrogens with two attached hydrogens (primary N) is 2. The van der Waals surface area contributed by atoms with Crippen LogP contribution in [0, 0.1) is 0 Å². The lowest BCUT2D eigenvalue weighted by Crippen LogP contribution is -2.21. The van der Waals surface area contributed by atoms with Gasteiger partial charge in [-0.2, -0.15) is 0 Å². The van der Waals surface area contributed by atoms with Gasteiger partial charge in [-0.3, -0.25) is 0 Å². The Kier molecular flexibility index (Phi) is 3.92. The molecule has 1 aromatic carbocycles. The largest absolute Gasteiger partial charge is 0.439 e. The van der Waals surface area contributed by atoms with Gasteiger partial charge in [-0.25, -0.2) is 14.4 Å². The first-order chi connectivity index (χ1) is 9.17. The van der Waals surface area contributed by atoms with E-state index in [0.717, 1.165) is 0 Å². The Labute approximate surface area is 109 Å². The van der Waals surface area contributed by atoms with Gasteiger partial charge >= 0.3 is 0 Å². The molecule has 19 heavy (non-hydrogen) atoms. The molecule has 4 N–H and O–H groups in total. The van der Waals surface area contributed by atoms with Crippen LogP contribution in [0.2, 0.25) is 0 Å². The molecule has 98 valence electrons. The van der Waals surface area contributed by atoms with E-state index in [2.05, 4.69) is 9.98 Å². The van der Waals surface area contributed by atoms with Crippen LogP contribution in [0.5, 0.6) is 11.6 Å². The molecule has 0 fully saturated rings. The highest BCUT2D eigenvalue weighted by molar-refractivity contribution is 5.78. The number of guanidine groups is 1. The number of nitrogens with zero attached hydrogens (tertiary/aromatic N) is 2. The van der Waals surface area contributed by atoms with Gasteiger partial charge in [0.05, 0.1) is 11.9 Å². The summed E-state index contributed by atoms with van der Waals surface area (Å²) in [6.07, 6.45) is 1.48. The van der Waals surface area contributed by atoms with Crippen molar-refractivity contribution in [1.82, 2.24) is 4.98 Å². The minimum Gasteiger partial charge on any atom is -0.439 e. The van der Waals surface area contributed by atoms with Crippen molar-refractivity contribution in [2.75, 3.05) is 0 Å². The molecular formula is C13H13FN4O. The van der Waals surface area contributed by atoms with Crippen molar-refractivity contribution in [3.05, 3.63) is 48.2 Å². The highest BCUT2D eigenvalue weighted by Crippen LogP contribution is 2.22. The highest BCUT2D eigenvalue weighted by Gasteiger charge is 2.00. The zero-order chi connectivity index (χ0) is 13.7. The number of benzene rings is 1. The zero-order valence-corrected chi connectivity index (χ0v) is 10.1. The minimum atomic E-state index is -0.534. The summed E-state index contributed by atoms with van der Waals surface area (Å²) in [5.74, 6) is 0.869.